The minimum atomic E-state index is -0.0644. The molecule has 0 atom stereocenters. The Balaban J connectivity index is 1.36. The Hall–Kier alpha value is -2.34. The van der Waals surface area contributed by atoms with Crippen LogP contribution in [0.25, 0.3) is 0 Å². The Morgan fingerprint density at radius 2 is 1.96 bits per heavy atom. The molecule has 1 saturated heterocycles. The first-order valence-corrected chi connectivity index (χ1v) is 9.97. The lowest BCUT2D eigenvalue weighted by Crippen LogP contribution is -2.48. The van der Waals surface area contributed by atoms with Gasteiger partial charge in [-0.3, -0.25) is 9.59 Å². The molecular weight excluding hydrogens is 346 g/mol. The van der Waals surface area contributed by atoms with E-state index < -0.39 is 0 Å². The predicted molar refractivity (Wildman–Crippen MR) is 106 cm³/mol. The molecule has 0 aliphatic carbocycles. The molecule has 1 fully saturated rings. The number of aryl methyl sites for hydroxylation is 1. The average molecular weight is 372 g/mol. The fourth-order valence-corrected chi connectivity index (χ4v) is 3.77. The van der Waals surface area contributed by atoms with E-state index in [9.17, 15) is 9.59 Å². The zero-order valence-corrected chi connectivity index (χ0v) is 15.9. The largest absolute Gasteiger partial charge is 0.368 e. The van der Waals surface area contributed by atoms with Crippen LogP contribution >= 0.6 is 11.3 Å². The van der Waals surface area contributed by atoms with Gasteiger partial charge in [0.2, 0.25) is 5.91 Å². The molecule has 2 aromatic rings. The zero-order chi connectivity index (χ0) is 18.4. The van der Waals surface area contributed by atoms with Crippen molar-refractivity contribution in [1.29, 1.82) is 0 Å². The SMILES string of the molecule is Cc1cccc(N2CCN(C(=O)CCCNC(=O)c3ccsc3)CC2)c1. The summed E-state index contributed by atoms with van der Waals surface area (Å²) < 4.78 is 0. The van der Waals surface area contributed by atoms with Gasteiger partial charge in [0.05, 0.1) is 0 Å². The summed E-state index contributed by atoms with van der Waals surface area (Å²) in [5.74, 6) is 0.115. The normalized spacial score (nSPS) is 14.3. The van der Waals surface area contributed by atoms with Gasteiger partial charge in [-0.05, 0) is 42.5 Å². The van der Waals surface area contributed by atoms with Crippen LogP contribution in [0, 0.1) is 6.92 Å². The monoisotopic (exact) mass is 371 g/mol. The smallest absolute Gasteiger partial charge is 0.252 e. The van der Waals surface area contributed by atoms with Gasteiger partial charge >= 0.3 is 0 Å². The van der Waals surface area contributed by atoms with Gasteiger partial charge in [0.1, 0.15) is 0 Å². The van der Waals surface area contributed by atoms with Crippen molar-refractivity contribution in [1.82, 2.24) is 10.2 Å². The molecule has 26 heavy (non-hydrogen) atoms. The number of amides is 2. The number of carbonyl (C=O) groups is 2. The van der Waals surface area contributed by atoms with Gasteiger partial charge in [0.15, 0.2) is 0 Å². The topological polar surface area (TPSA) is 52.6 Å². The number of nitrogens with one attached hydrogen (secondary N) is 1. The molecular formula is C20H25N3O2S. The third-order valence-corrected chi connectivity index (χ3v) is 5.32. The second-order valence-electron chi connectivity index (χ2n) is 6.58. The maximum atomic E-state index is 12.4. The molecule has 0 spiro atoms. The van der Waals surface area contributed by atoms with E-state index >= 15 is 0 Å². The van der Waals surface area contributed by atoms with Crippen molar-refractivity contribution in [2.45, 2.75) is 19.8 Å². The Morgan fingerprint density at radius 3 is 2.65 bits per heavy atom. The van der Waals surface area contributed by atoms with Crippen molar-refractivity contribution in [3.8, 4) is 0 Å². The molecule has 0 saturated carbocycles. The van der Waals surface area contributed by atoms with Crippen LogP contribution < -0.4 is 10.2 Å². The highest BCUT2D eigenvalue weighted by atomic mass is 32.1. The number of piperazine rings is 1. The zero-order valence-electron chi connectivity index (χ0n) is 15.1. The second-order valence-corrected chi connectivity index (χ2v) is 7.36. The molecule has 1 N–H and O–H groups in total. The third kappa shape index (κ3) is 4.85. The van der Waals surface area contributed by atoms with Crippen molar-refractivity contribution in [3.05, 3.63) is 52.2 Å². The molecule has 0 radical (unpaired) electrons. The highest BCUT2D eigenvalue weighted by Gasteiger charge is 2.21. The van der Waals surface area contributed by atoms with Gasteiger partial charge in [-0.15, -0.1) is 0 Å². The first-order chi connectivity index (χ1) is 12.6. The van der Waals surface area contributed by atoms with E-state index in [1.54, 1.807) is 6.07 Å². The number of anilines is 1. The first kappa shape index (κ1) is 18.5. The summed E-state index contributed by atoms with van der Waals surface area (Å²) >= 11 is 1.50. The Labute approximate surface area is 158 Å². The van der Waals surface area contributed by atoms with Gasteiger partial charge in [-0.25, -0.2) is 0 Å². The van der Waals surface area contributed by atoms with E-state index in [0.29, 0.717) is 24.9 Å². The molecule has 1 aromatic carbocycles. The van der Waals surface area contributed by atoms with Gasteiger partial charge in [0.25, 0.3) is 5.91 Å². The highest BCUT2D eigenvalue weighted by Crippen LogP contribution is 2.18. The van der Waals surface area contributed by atoms with Crippen LogP contribution in [0.2, 0.25) is 0 Å². The summed E-state index contributed by atoms with van der Waals surface area (Å²) in [5, 5.41) is 6.58. The van der Waals surface area contributed by atoms with Crippen molar-refractivity contribution >= 4 is 28.8 Å². The van der Waals surface area contributed by atoms with E-state index in [4.69, 9.17) is 0 Å². The molecule has 1 aromatic heterocycles. The van der Waals surface area contributed by atoms with Gasteiger partial charge < -0.3 is 15.1 Å². The van der Waals surface area contributed by atoms with Gasteiger partial charge in [-0.1, -0.05) is 12.1 Å². The van der Waals surface area contributed by atoms with E-state index in [2.05, 4.69) is 41.4 Å². The Bertz CT molecular complexity index is 737. The van der Waals surface area contributed by atoms with Gasteiger partial charge in [0, 0.05) is 55.8 Å². The average Bonchev–Trinajstić information content (AvgIpc) is 3.20. The van der Waals surface area contributed by atoms with E-state index in [1.807, 2.05) is 15.7 Å². The first-order valence-electron chi connectivity index (χ1n) is 9.03. The predicted octanol–water partition coefficient (Wildman–Crippen LogP) is 2.92. The number of rotatable bonds is 6. The lowest BCUT2D eigenvalue weighted by Gasteiger charge is -2.36. The van der Waals surface area contributed by atoms with Crippen molar-refractivity contribution in [2.24, 2.45) is 0 Å². The lowest BCUT2D eigenvalue weighted by molar-refractivity contribution is -0.131. The van der Waals surface area contributed by atoms with Gasteiger partial charge in [-0.2, -0.15) is 11.3 Å². The van der Waals surface area contributed by atoms with Crippen LogP contribution in [0.3, 0.4) is 0 Å². The summed E-state index contributed by atoms with van der Waals surface area (Å²) in [7, 11) is 0. The maximum absolute atomic E-state index is 12.4. The molecule has 1 aliphatic rings. The number of thiophene rings is 1. The van der Waals surface area contributed by atoms with Crippen LogP contribution in [0.1, 0.15) is 28.8 Å². The molecule has 5 nitrogen and oxygen atoms in total. The highest BCUT2D eigenvalue weighted by molar-refractivity contribution is 7.08. The summed E-state index contributed by atoms with van der Waals surface area (Å²) in [5.41, 5.74) is 3.17. The van der Waals surface area contributed by atoms with Crippen molar-refractivity contribution in [3.63, 3.8) is 0 Å². The lowest BCUT2D eigenvalue weighted by atomic mass is 10.2. The Morgan fingerprint density at radius 1 is 1.15 bits per heavy atom. The molecule has 3 rings (SSSR count). The van der Waals surface area contributed by atoms with Crippen molar-refractivity contribution < 1.29 is 9.59 Å². The molecule has 0 bridgehead atoms. The van der Waals surface area contributed by atoms with E-state index in [-0.39, 0.29) is 11.8 Å². The summed E-state index contributed by atoms with van der Waals surface area (Å²) in [4.78, 5) is 28.5. The summed E-state index contributed by atoms with van der Waals surface area (Å²) in [6.45, 7) is 5.88. The van der Waals surface area contributed by atoms with Crippen LogP contribution in [0.4, 0.5) is 5.69 Å². The van der Waals surface area contributed by atoms with Crippen LogP contribution in [-0.4, -0.2) is 49.4 Å². The fourth-order valence-electron chi connectivity index (χ4n) is 3.13. The number of benzene rings is 1. The minimum absolute atomic E-state index is 0.0644. The van der Waals surface area contributed by atoms with Crippen LogP contribution in [0.5, 0.6) is 0 Å². The summed E-state index contributed by atoms with van der Waals surface area (Å²) in [6, 6.07) is 10.3. The quantitative estimate of drug-likeness (QED) is 0.795. The number of hydrogen-bond donors (Lipinski definition) is 1. The second kappa shape index (κ2) is 8.85. The fraction of sp³-hybridized carbons (Fsp3) is 0.400. The van der Waals surface area contributed by atoms with Crippen LogP contribution in [0.15, 0.2) is 41.1 Å². The number of hydrogen-bond acceptors (Lipinski definition) is 4. The van der Waals surface area contributed by atoms with E-state index in [1.165, 1.54) is 22.6 Å². The minimum Gasteiger partial charge on any atom is -0.368 e. The van der Waals surface area contributed by atoms with Crippen molar-refractivity contribution in [2.75, 3.05) is 37.6 Å². The molecule has 2 heterocycles. The van der Waals surface area contributed by atoms with Crippen LogP contribution in [-0.2, 0) is 4.79 Å². The maximum Gasteiger partial charge on any atom is 0.252 e. The summed E-state index contributed by atoms with van der Waals surface area (Å²) in [6.07, 6.45) is 1.15. The van der Waals surface area contributed by atoms with E-state index in [0.717, 1.165) is 26.2 Å². The molecule has 2 amide bonds. The molecule has 6 heteroatoms. The third-order valence-electron chi connectivity index (χ3n) is 4.64. The molecule has 1 aliphatic heterocycles. The number of nitrogens with zero attached hydrogens (tertiary/aromatic N) is 2. The number of carbonyl (C=O) groups excluding carboxylic acids is 2. The molecule has 138 valence electrons. The molecule has 0 unspecified atom stereocenters. The Kier molecular flexibility index (Phi) is 6.28. The standard InChI is InChI=1S/C20H25N3O2S/c1-16-4-2-5-18(14-16)22-9-11-23(12-10-22)19(24)6-3-8-21-20(25)17-7-13-26-15-17/h2,4-5,7,13-15H,3,6,8-12H2,1H3,(H,21,25).